The van der Waals surface area contributed by atoms with Gasteiger partial charge in [-0.25, -0.2) is 4.79 Å². The van der Waals surface area contributed by atoms with Crippen molar-refractivity contribution in [3.05, 3.63) is 24.3 Å². The first-order chi connectivity index (χ1) is 6.18. The van der Waals surface area contributed by atoms with Crippen LogP contribution < -0.4 is 0 Å². The molecule has 0 fully saturated rings. The lowest BCUT2D eigenvalue weighted by atomic mass is 10.2. The molecule has 1 heterocycles. The van der Waals surface area contributed by atoms with Crippen molar-refractivity contribution in [2.75, 3.05) is 0 Å². The maximum Gasteiger partial charge on any atom is 0.331 e. The minimum absolute atomic E-state index is 0.0880. The molecule has 13 heavy (non-hydrogen) atoms. The summed E-state index contributed by atoms with van der Waals surface area (Å²) in [7, 11) is 0. The van der Waals surface area contributed by atoms with Crippen LogP contribution in [0.1, 0.15) is 19.8 Å². The van der Waals surface area contributed by atoms with Crippen LogP contribution in [0.2, 0.25) is 0 Å². The zero-order chi connectivity index (χ0) is 9.68. The van der Waals surface area contributed by atoms with E-state index in [1.807, 2.05) is 6.92 Å². The SMILES string of the molecule is CC1CCC=CC(=O)C=CC(=O)O1. The predicted molar refractivity (Wildman–Crippen MR) is 48.1 cm³/mol. The molecule has 1 aliphatic rings. The van der Waals surface area contributed by atoms with Gasteiger partial charge in [-0.1, -0.05) is 6.08 Å². The van der Waals surface area contributed by atoms with Crippen LogP contribution in [-0.4, -0.2) is 17.9 Å². The number of cyclic esters (lactones) is 1. The summed E-state index contributed by atoms with van der Waals surface area (Å²) < 4.78 is 4.96. The van der Waals surface area contributed by atoms with Crippen LogP contribution in [0.5, 0.6) is 0 Å². The van der Waals surface area contributed by atoms with Gasteiger partial charge in [0.05, 0.1) is 6.10 Å². The second-order valence-corrected chi connectivity index (χ2v) is 2.96. The van der Waals surface area contributed by atoms with Crippen LogP contribution in [0, 0.1) is 0 Å². The van der Waals surface area contributed by atoms with Crippen molar-refractivity contribution < 1.29 is 14.3 Å². The van der Waals surface area contributed by atoms with Gasteiger partial charge in [0, 0.05) is 6.08 Å². The Hall–Kier alpha value is -1.38. The molecule has 1 atom stereocenters. The van der Waals surface area contributed by atoms with Crippen LogP contribution in [-0.2, 0) is 14.3 Å². The monoisotopic (exact) mass is 180 g/mol. The van der Waals surface area contributed by atoms with E-state index in [2.05, 4.69) is 0 Å². The second kappa shape index (κ2) is 4.60. The molecular formula is C10H12O3. The first-order valence-corrected chi connectivity index (χ1v) is 4.27. The largest absolute Gasteiger partial charge is 0.460 e. The van der Waals surface area contributed by atoms with E-state index in [-0.39, 0.29) is 11.9 Å². The van der Waals surface area contributed by atoms with Crippen LogP contribution in [0.25, 0.3) is 0 Å². The molecule has 1 rings (SSSR count). The second-order valence-electron chi connectivity index (χ2n) is 2.96. The van der Waals surface area contributed by atoms with Gasteiger partial charge in [0.2, 0.25) is 0 Å². The number of hydrogen-bond donors (Lipinski definition) is 0. The van der Waals surface area contributed by atoms with Gasteiger partial charge in [-0.05, 0) is 31.9 Å². The molecule has 0 spiro atoms. The lowest BCUT2D eigenvalue weighted by molar-refractivity contribution is -0.142. The normalized spacial score (nSPS) is 24.2. The maximum absolute atomic E-state index is 11.0. The van der Waals surface area contributed by atoms with Gasteiger partial charge >= 0.3 is 5.97 Å². The third-order valence-corrected chi connectivity index (χ3v) is 1.72. The first-order valence-electron chi connectivity index (χ1n) is 4.27. The Morgan fingerprint density at radius 2 is 2.08 bits per heavy atom. The summed E-state index contributed by atoms with van der Waals surface area (Å²) >= 11 is 0. The molecule has 1 aliphatic heterocycles. The molecule has 0 aliphatic carbocycles. The fourth-order valence-corrected chi connectivity index (χ4v) is 1.03. The molecule has 1 unspecified atom stereocenters. The highest BCUT2D eigenvalue weighted by molar-refractivity contribution is 6.02. The summed E-state index contributed by atoms with van der Waals surface area (Å²) in [4.78, 5) is 21.9. The van der Waals surface area contributed by atoms with Crippen molar-refractivity contribution in [2.24, 2.45) is 0 Å². The Bertz CT molecular complexity index is 263. The third-order valence-electron chi connectivity index (χ3n) is 1.72. The van der Waals surface area contributed by atoms with E-state index in [1.54, 1.807) is 6.08 Å². The van der Waals surface area contributed by atoms with Crippen molar-refractivity contribution in [1.29, 1.82) is 0 Å². The summed E-state index contributed by atoms with van der Waals surface area (Å²) in [5.74, 6) is -0.623. The van der Waals surface area contributed by atoms with E-state index in [4.69, 9.17) is 4.74 Å². The van der Waals surface area contributed by atoms with Crippen molar-refractivity contribution in [1.82, 2.24) is 0 Å². The smallest absolute Gasteiger partial charge is 0.331 e. The first kappa shape index (κ1) is 9.71. The molecule has 0 saturated carbocycles. The van der Waals surface area contributed by atoms with E-state index < -0.39 is 5.97 Å². The zero-order valence-corrected chi connectivity index (χ0v) is 7.53. The van der Waals surface area contributed by atoms with Gasteiger partial charge in [0.15, 0.2) is 5.78 Å². The zero-order valence-electron chi connectivity index (χ0n) is 7.53. The average Bonchev–Trinajstić information content (AvgIpc) is 2.08. The average molecular weight is 180 g/mol. The van der Waals surface area contributed by atoms with Crippen LogP contribution >= 0.6 is 0 Å². The third kappa shape index (κ3) is 3.69. The molecule has 0 bridgehead atoms. The van der Waals surface area contributed by atoms with Gasteiger partial charge in [-0.3, -0.25) is 4.79 Å². The highest BCUT2D eigenvalue weighted by Crippen LogP contribution is 2.04. The molecule has 0 radical (unpaired) electrons. The standard InChI is InChI=1S/C10H12O3/c1-8-4-2-3-5-9(11)6-7-10(12)13-8/h3,5-8H,2,4H2,1H3. The molecule has 70 valence electrons. The number of rotatable bonds is 0. The fourth-order valence-electron chi connectivity index (χ4n) is 1.03. The molecule has 0 amide bonds. The highest BCUT2D eigenvalue weighted by atomic mass is 16.5. The Kier molecular flexibility index (Phi) is 3.43. The molecule has 0 aromatic rings. The minimum Gasteiger partial charge on any atom is -0.460 e. The summed E-state index contributed by atoms with van der Waals surface area (Å²) in [6, 6.07) is 0. The van der Waals surface area contributed by atoms with Gasteiger partial charge in [-0.2, -0.15) is 0 Å². The number of allylic oxidation sites excluding steroid dienone is 3. The summed E-state index contributed by atoms with van der Waals surface area (Å²) in [5.41, 5.74) is 0. The van der Waals surface area contributed by atoms with Crippen molar-refractivity contribution in [2.45, 2.75) is 25.9 Å². The number of esters is 1. The Morgan fingerprint density at radius 3 is 2.85 bits per heavy atom. The maximum atomic E-state index is 11.0. The van der Waals surface area contributed by atoms with E-state index in [1.165, 1.54) is 12.2 Å². The molecule has 3 heteroatoms. The molecule has 3 nitrogen and oxygen atoms in total. The van der Waals surface area contributed by atoms with Gasteiger partial charge in [-0.15, -0.1) is 0 Å². The number of carbonyl (C=O) groups excluding carboxylic acids is 2. The van der Waals surface area contributed by atoms with Gasteiger partial charge < -0.3 is 4.74 Å². The molecule has 0 aromatic heterocycles. The molecular weight excluding hydrogens is 168 g/mol. The van der Waals surface area contributed by atoms with E-state index in [0.29, 0.717) is 0 Å². The van der Waals surface area contributed by atoms with Crippen LogP contribution in [0.15, 0.2) is 24.3 Å². The van der Waals surface area contributed by atoms with Crippen molar-refractivity contribution in [3.8, 4) is 0 Å². The predicted octanol–water partition coefficient (Wildman–Crippen LogP) is 1.39. The molecule has 0 aromatic carbocycles. The Balaban J connectivity index is 2.67. The summed E-state index contributed by atoms with van der Waals surface area (Å²) in [5, 5.41) is 0. The van der Waals surface area contributed by atoms with Gasteiger partial charge in [0.1, 0.15) is 0 Å². The number of hydrogen-bond acceptors (Lipinski definition) is 3. The van der Waals surface area contributed by atoms with E-state index in [9.17, 15) is 9.59 Å². The van der Waals surface area contributed by atoms with Crippen molar-refractivity contribution in [3.63, 3.8) is 0 Å². The lowest BCUT2D eigenvalue weighted by Gasteiger charge is -2.10. The van der Waals surface area contributed by atoms with E-state index in [0.717, 1.165) is 18.9 Å². The topological polar surface area (TPSA) is 43.4 Å². The fraction of sp³-hybridized carbons (Fsp3) is 0.400. The quantitative estimate of drug-likeness (QED) is 0.529. The van der Waals surface area contributed by atoms with Crippen molar-refractivity contribution >= 4 is 11.8 Å². The number of ketones is 1. The Labute approximate surface area is 77.1 Å². The molecule has 0 N–H and O–H groups in total. The lowest BCUT2D eigenvalue weighted by Crippen LogP contribution is -2.13. The van der Waals surface area contributed by atoms with Crippen LogP contribution in [0.3, 0.4) is 0 Å². The Morgan fingerprint density at radius 1 is 1.31 bits per heavy atom. The van der Waals surface area contributed by atoms with Crippen LogP contribution in [0.4, 0.5) is 0 Å². The summed E-state index contributed by atoms with van der Waals surface area (Å²) in [6.07, 6.45) is 7.07. The number of carbonyl (C=O) groups is 2. The van der Waals surface area contributed by atoms with Gasteiger partial charge in [0.25, 0.3) is 0 Å². The minimum atomic E-state index is -0.448. The highest BCUT2D eigenvalue weighted by Gasteiger charge is 2.07. The van der Waals surface area contributed by atoms with E-state index >= 15 is 0 Å². The number of ether oxygens (including phenoxy) is 1. The molecule has 0 saturated heterocycles. The summed E-state index contributed by atoms with van der Waals surface area (Å²) in [6.45, 7) is 1.84.